The van der Waals surface area contributed by atoms with E-state index in [1.807, 2.05) is 50.8 Å². The lowest BCUT2D eigenvalue weighted by Gasteiger charge is -2.33. The molecule has 17 heteroatoms. The molecule has 7 atom stereocenters. The fourth-order valence-corrected chi connectivity index (χ4v) is 12.3. The zero-order valence-corrected chi connectivity index (χ0v) is 39.3. The van der Waals surface area contributed by atoms with Gasteiger partial charge in [-0.25, -0.2) is 28.0 Å². The molecule has 3 aliphatic heterocycles. The molecular weight excluding hydrogens is 861 g/mol. The number of aliphatic imine (C=N–C) groups is 1. The number of H-pyrrole nitrogens is 1. The summed E-state index contributed by atoms with van der Waals surface area (Å²) in [5.74, 6) is 1.06. The van der Waals surface area contributed by atoms with E-state index in [1.54, 1.807) is 11.0 Å². The molecule has 16 nitrogen and oxygen atoms in total. The number of aromatic amines is 1. The number of imidazole rings is 1. The number of benzene rings is 3. The van der Waals surface area contributed by atoms with Crippen molar-refractivity contribution >= 4 is 56.6 Å². The van der Waals surface area contributed by atoms with Crippen LogP contribution < -0.4 is 15.4 Å². The Kier molecular flexibility index (Phi) is 12.3. The van der Waals surface area contributed by atoms with Crippen LogP contribution >= 0.6 is 0 Å². The minimum absolute atomic E-state index is 0.0794. The van der Waals surface area contributed by atoms with E-state index in [0.29, 0.717) is 49.9 Å². The van der Waals surface area contributed by atoms with Crippen molar-refractivity contribution in [1.82, 2.24) is 35.1 Å². The summed E-state index contributed by atoms with van der Waals surface area (Å²) in [4.78, 5) is 69.3. The Bertz CT molecular complexity index is 2730. The van der Waals surface area contributed by atoms with Gasteiger partial charge in [-0.05, 0) is 126 Å². The van der Waals surface area contributed by atoms with Gasteiger partial charge >= 0.3 is 12.2 Å². The highest BCUT2D eigenvalue weighted by Gasteiger charge is 2.43. The normalized spacial score (nSPS) is 23.0. The molecule has 4 amide bonds. The maximum atomic E-state index is 14.0. The van der Waals surface area contributed by atoms with Crippen molar-refractivity contribution in [3.05, 3.63) is 65.5 Å². The number of alkyl carbamates (subject to hydrolysis) is 2. The summed E-state index contributed by atoms with van der Waals surface area (Å²) in [6.07, 6.45) is 6.40. The lowest BCUT2D eigenvalue weighted by Crippen LogP contribution is -2.56. The lowest BCUT2D eigenvalue weighted by molar-refractivity contribution is -0.135. The van der Waals surface area contributed by atoms with Crippen molar-refractivity contribution in [2.24, 2.45) is 22.7 Å². The Hall–Kier alpha value is -5.97. The van der Waals surface area contributed by atoms with Gasteiger partial charge < -0.3 is 34.9 Å². The van der Waals surface area contributed by atoms with Crippen LogP contribution in [0.2, 0.25) is 0 Å². The first-order chi connectivity index (χ1) is 31.7. The maximum absolute atomic E-state index is 14.0. The zero-order valence-electron chi connectivity index (χ0n) is 38.5. The van der Waals surface area contributed by atoms with Crippen molar-refractivity contribution in [2.75, 3.05) is 27.3 Å². The first-order valence-corrected chi connectivity index (χ1v) is 24.9. The van der Waals surface area contributed by atoms with Crippen LogP contribution in [0.5, 0.6) is 0 Å². The number of hydrogen-bond donors (Lipinski definition) is 4. The second kappa shape index (κ2) is 18.0. The van der Waals surface area contributed by atoms with Gasteiger partial charge in [-0.15, -0.1) is 0 Å². The molecule has 9 rings (SSSR count). The average Bonchev–Trinajstić information content (AvgIpc) is 4.17. The number of ether oxygens (including phenoxy) is 2. The van der Waals surface area contributed by atoms with Crippen molar-refractivity contribution in [1.29, 1.82) is 0 Å². The van der Waals surface area contributed by atoms with Gasteiger partial charge in [0.15, 0.2) is 0 Å². The van der Waals surface area contributed by atoms with Gasteiger partial charge in [-0.3, -0.25) is 14.3 Å². The SMILES string of the molecule is CC[C@H](C)[C@H](NC(=O)OC)C(=O)N1CCC[C@H]1C1=Nc2cc(-c3ccc(-c4ccc5nc([C@@H]6CCCN6C(=O)[C@@H](NC(=O)OC)C(C)C)[nH]c5c4)c4c3CC3CCCC43)ccc2S(=O)(=O)N1. The molecule has 66 heavy (non-hydrogen) atoms. The first-order valence-electron chi connectivity index (χ1n) is 23.4. The number of hydrogen-bond acceptors (Lipinski definition) is 10. The largest absolute Gasteiger partial charge is 0.453 e. The predicted octanol–water partition coefficient (Wildman–Crippen LogP) is 7.46. The molecule has 4 heterocycles. The Morgan fingerprint density at radius 2 is 1.45 bits per heavy atom. The van der Waals surface area contributed by atoms with Crippen LogP contribution in [0.25, 0.3) is 33.3 Å². The van der Waals surface area contributed by atoms with Crippen molar-refractivity contribution in [3.63, 3.8) is 0 Å². The fourth-order valence-electron chi connectivity index (χ4n) is 11.2. The third-order valence-corrected chi connectivity index (χ3v) is 16.1. The molecular formula is C49H60N8O8S. The number of carbonyl (C=O) groups is 4. The van der Waals surface area contributed by atoms with Crippen LogP contribution in [-0.2, 0) is 35.5 Å². The smallest absolute Gasteiger partial charge is 0.407 e. The van der Waals surface area contributed by atoms with Gasteiger partial charge in [-0.2, -0.15) is 0 Å². The number of carbonyl (C=O) groups excluding carboxylic acids is 4. The molecule has 1 saturated carbocycles. The van der Waals surface area contributed by atoms with E-state index < -0.39 is 40.3 Å². The van der Waals surface area contributed by atoms with Gasteiger partial charge in [0.1, 0.15) is 28.6 Å². The molecule has 4 N–H and O–H groups in total. The molecule has 0 bridgehead atoms. The second-order valence-electron chi connectivity index (χ2n) is 18.9. The summed E-state index contributed by atoms with van der Waals surface area (Å²) >= 11 is 0. The average molecular weight is 921 g/mol. The van der Waals surface area contributed by atoms with E-state index in [9.17, 15) is 27.6 Å². The minimum atomic E-state index is -4.01. The highest BCUT2D eigenvalue weighted by atomic mass is 32.2. The lowest BCUT2D eigenvalue weighted by atomic mass is 9.86. The van der Waals surface area contributed by atoms with E-state index in [0.717, 1.165) is 65.7 Å². The number of methoxy groups -OCH3 is 2. The predicted molar refractivity (Wildman–Crippen MR) is 250 cm³/mol. The number of nitrogens with zero attached hydrogens (tertiary/aromatic N) is 4. The summed E-state index contributed by atoms with van der Waals surface area (Å²) in [6, 6.07) is 13.6. The van der Waals surface area contributed by atoms with Gasteiger partial charge in [0.05, 0.1) is 43.0 Å². The standard InChI is InChI=1S/C49H60N8O8S/c1-7-27(4)43(54-49(61)65-6)47(59)57-22-10-14-39(57)45-52-37-25-29(16-20-40(37)66(62,63)55-45)31-17-18-33(41-32-12-8-11-28(32)23-34(31)41)30-15-19-35-36(24-30)51-44(50-35)38-13-9-21-56(38)46(58)42(26(2)3)53-48(60)64-5/h15-20,24-28,32,38-39,42-43H,7-14,21-23H2,1-6H3,(H,50,51)(H,52,55)(H,53,60)(H,54,61)/t27-,28?,32?,38-,39-,42-,43-/m0/s1. The third kappa shape index (κ3) is 8.17. The highest BCUT2D eigenvalue weighted by Crippen LogP contribution is 2.54. The summed E-state index contributed by atoms with van der Waals surface area (Å²) in [7, 11) is -1.46. The van der Waals surface area contributed by atoms with Gasteiger partial charge in [0.2, 0.25) is 11.8 Å². The van der Waals surface area contributed by atoms with E-state index in [-0.39, 0.29) is 40.4 Å². The van der Waals surface area contributed by atoms with Gasteiger partial charge in [0.25, 0.3) is 10.0 Å². The first kappa shape index (κ1) is 45.2. The molecule has 4 aromatic rings. The molecule has 0 radical (unpaired) electrons. The number of fused-ring (bicyclic) bond motifs is 5. The topological polar surface area (TPSA) is 204 Å². The Morgan fingerprint density at radius 1 is 0.803 bits per heavy atom. The number of nitrogens with one attached hydrogen (secondary N) is 4. The van der Waals surface area contributed by atoms with Crippen molar-refractivity contribution in [2.45, 2.75) is 120 Å². The van der Waals surface area contributed by atoms with Crippen LogP contribution in [0, 0.1) is 17.8 Å². The number of rotatable bonds is 11. The van der Waals surface area contributed by atoms with Crippen LogP contribution in [0.3, 0.4) is 0 Å². The van der Waals surface area contributed by atoms with E-state index >= 15 is 0 Å². The maximum Gasteiger partial charge on any atom is 0.407 e. The van der Waals surface area contributed by atoms with Crippen LogP contribution in [0.15, 0.2) is 58.4 Å². The number of amidine groups is 1. The Balaban J connectivity index is 1.03. The molecule has 0 spiro atoms. The fraction of sp³-hybridized carbons (Fsp3) is 0.510. The van der Waals surface area contributed by atoms with E-state index in [1.165, 1.54) is 37.3 Å². The number of sulfonamides is 1. The summed E-state index contributed by atoms with van der Waals surface area (Å²) < 4.78 is 40.0. The molecule has 3 fully saturated rings. The Labute approximate surface area is 385 Å². The number of amides is 4. The van der Waals surface area contributed by atoms with Crippen molar-refractivity contribution < 1.29 is 37.1 Å². The molecule has 350 valence electrons. The molecule has 5 aliphatic rings. The number of likely N-dealkylation sites (tertiary alicyclic amines) is 2. The van der Waals surface area contributed by atoms with Crippen LogP contribution in [0.4, 0.5) is 15.3 Å². The summed E-state index contributed by atoms with van der Waals surface area (Å²) in [6.45, 7) is 8.61. The molecule has 1 aromatic heterocycles. The second-order valence-corrected chi connectivity index (χ2v) is 20.6. The molecule has 3 aromatic carbocycles. The van der Waals surface area contributed by atoms with Crippen LogP contribution in [-0.4, -0.2) is 103 Å². The molecule has 2 saturated heterocycles. The molecule has 2 aliphatic carbocycles. The summed E-state index contributed by atoms with van der Waals surface area (Å²) in [5, 5.41) is 5.42. The zero-order chi connectivity index (χ0) is 46.6. The number of aromatic nitrogens is 2. The Morgan fingerprint density at radius 3 is 2.17 bits per heavy atom. The molecule has 2 unspecified atom stereocenters. The minimum Gasteiger partial charge on any atom is -0.453 e. The van der Waals surface area contributed by atoms with Crippen LogP contribution in [0.1, 0.15) is 108 Å². The van der Waals surface area contributed by atoms with E-state index in [4.69, 9.17) is 19.5 Å². The monoisotopic (exact) mass is 920 g/mol. The van der Waals surface area contributed by atoms with Gasteiger partial charge in [0, 0.05) is 13.1 Å². The quantitative estimate of drug-likeness (QED) is 0.118. The third-order valence-electron chi connectivity index (χ3n) is 14.7. The van der Waals surface area contributed by atoms with E-state index in [2.05, 4.69) is 44.6 Å². The van der Waals surface area contributed by atoms with Gasteiger partial charge in [-0.1, -0.05) is 64.8 Å². The van der Waals surface area contributed by atoms with Crippen molar-refractivity contribution in [3.8, 4) is 22.3 Å². The highest BCUT2D eigenvalue weighted by molar-refractivity contribution is 7.90. The summed E-state index contributed by atoms with van der Waals surface area (Å²) in [5.41, 5.74) is 8.79.